The number of alkyl halides is 2. The van der Waals surface area contributed by atoms with Gasteiger partial charge in [0.1, 0.15) is 6.61 Å². The first kappa shape index (κ1) is 17.0. The van der Waals surface area contributed by atoms with Gasteiger partial charge < -0.3 is 10.5 Å². The Morgan fingerprint density at radius 2 is 2.35 bits per heavy atom. The van der Waals surface area contributed by atoms with Crippen molar-refractivity contribution in [1.82, 2.24) is 4.90 Å². The van der Waals surface area contributed by atoms with E-state index in [0.29, 0.717) is 10.7 Å². The molecule has 114 valence electrons. The molecule has 2 unspecified atom stereocenters. The molecule has 0 bridgehead atoms. The summed E-state index contributed by atoms with van der Waals surface area (Å²) in [5.74, 6) is 0.601. The van der Waals surface area contributed by atoms with Gasteiger partial charge in [-0.25, -0.2) is 4.79 Å². The molecule has 6 heteroatoms. The van der Waals surface area contributed by atoms with Gasteiger partial charge in [0, 0.05) is 22.6 Å². The number of piperidine rings is 1. The lowest BCUT2D eigenvalue weighted by Gasteiger charge is -2.38. The van der Waals surface area contributed by atoms with Crippen molar-refractivity contribution in [2.45, 2.75) is 40.2 Å². The number of hydrogen-bond acceptors (Lipinski definition) is 4. The van der Waals surface area contributed by atoms with Gasteiger partial charge >= 0.3 is 5.97 Å². The molecule has 1 saturated heterocycles. The quantitative estimate of drug-likeness (QED) is 0.271. The Morgan fingerprint density at radius 1 is 1.60 bits per heavy atom. The highest BCUT2D eigenvalue weighted by atomic mass is 127. The van der Waals surface area contributed by atoms with E-state index in [1.54, 1.807) is 6.08 Å². The fraction of sp³-hybridized carbons (Fsp3) is 0.786. The lowest BCUT2D eigenvalue weighted by Crippen LogP contribution is -2.46. The van der Waals surface area contributed by atoms with Gasteiger partial charge in [-0.3, -0.25) is 4.90 Å². The molecular formula is C14H22I2N2O2. The predicted molar refractivity (Wildman–Crippen MR) is 97.2 cm³/mol. The number of hydrogen-bond donors (Lipinski definition) is 1. The van der Waals surface area contributed by atoms with Gasteiger partial charge in [-0.15, -0.1) is 0 Å². The number of esters is 1. The van der Waals surface area contributed by atoms with E-state index in [1.807, 2.05) is 0 Å². The third-order valence-corrected chi connectivity index (χ3v) is 6.36. The standard InChI is InChI=1S/C14H22I2N2O2/c1-9(15)11-2-3-18(13(16)6-11)7-12(17)4-10-5-14(19)20-8-10/h5,9,11-13H,2-4,6-8,17H2,1H3/t9-,11?,12-,13?/m0/s1. The molecule has 2 rings (SSSR count). The van der Waals surface area contributed by atoms with E-state index >= 15 is 0 Å². The highest BCUT2D eigenvalue weighted by molar-refractivity contribution is 14.1. The maximum Gasteiger partial charge on any atom is 0.331 e. The molecule has 20 heavy (non-hydrogen) atoms. The number of likely N-dealkylation sites (tertiary alicyclic amines) is 1. The lowest BCUT2D eigenvalue weighted by atomic mass is 9.94. The summed E-state index contributed by atoms with van der Waals surface area (Å²) in [5.41, 5.74) is 7.26. The Hall–Kier alpha value is 0.590. The molecule has 0 aromatic heterocycles. The molecule has 2 aliphatic rings. The van der Waals surface area contributed by atoms with Crippen LogP contribution in [0.1, 0.15) is 26.2 Å². The fourth-order valence-electron chi connectivity index (χ4n) is 2.85. The average Bonchev–Trinajstić information content (AvgIpc) is 2.77. The SMILES string of the molecule is C[C@H](I)C1CCN(C[C@@H](N)CC2=CC(=O)OC2)C(I)C1. The highest BCUT2D eigenvalue weighted by Gasteiger charge is 2.29. The third kappa shape index (κ3) is 4.81. The molecule has 2 heterocycles. The summed E-state index contributed by atoms with van der Waals surface area (Å²) in [6.45, 7) is 4.77. The van der Waals surface area contributed by atoms with Crippen LogP contribution in [0, 0.1) is 5.92 Å². The van der Waals surface area contributed by atoms with E-state index in [2.05, 4.69) is 57.0 Å². The average molecular weight is 504 g/mol. The lowest BCUT2D eigenvalue weighted by molar-refractivity contribution is -0.134. The largest absolute Gasteiger partial charge is 0.458 e. The number of nitrogens with zero attached hydrogens (tertiary/aromatic N) is 1. The molecular weight excluding hydrogens is 482 g/mol. The number of nitrogens with two attached hydrogens (primary N) is 1. The van der Waals surface area contributed by atoms with Crippen LogP contribution < -0.4 is 5.73 Å². The smallest absolute Gasteiger partial charge is 0.331 e. The second-order valence-electron chi connectivity index (χ2n) is 5.77. The summed E-state index contributed by atoms with van der Waals surface area (Å²) in [4.78, 5) is 13.5. The van der Waals surface area contributed by atoms with Crippen molar-refractivity contribution in [3.8, 4) is 0 Å². The fourth-order valence-corrected chi connectivity index (χ4v) is 4.66. The summed E-state index contributed by atoms with van der Waals surface area (Å²) < 4.78 is 6.23. The number of rotatable bonds is 5. The van der Waals surface area contributed by atoms with Crippen molar-refractivity contribution in [2.24, 2.45) is 11.7 Å². The highest BCUT2D eigenvalue weighted by Crippen LogP contribution is 2.32. The van der Waals surface area contributed by atoms with Crippen LogP contribution in [-0.4, -0.2) is 44.6 Å². The number of carbonyl (C=O) groups excluding carboxylic acids is 1. The first-order chi connectivity index (χ1) is 9.45. The predicted octanol–water partition coefficient (Wildman–Crippen LogP) is 2.48. The van der Waals surface area contributed by atoms with E-state index in [9.17, 15) is 4.79 Å². The minimum atomic E-state index is -0.226. The monoisotopic (exact) mass is 504 g/mol. The molecule has 0 radical (unpaired) electrons. The van der Waals surface area contributed by atoms with Crippen LogP contribution in [0.25, 0.3) is 0 Å². The van der Waals surface area contributed by atoms with E-state index in [0.717, 1.165) is 34.9 Å². The Balaban J connectivity index is 1.78. The minimum absolute atomic E-state index is 0.0848. The number of carbonyl (C=O) groups is 1. The molecule has 0 amide bonds. The molecule has 0 aliphatic carbocycles. The van der Waals surface area contributed by atoms with E-state index in [-0.39, 0.29) is 12.0 Å². The summed E-state index contributed by atoms with van der Waals surface area (Å²) in [7, 11) is 0. The van der Waals surface area contributed by atoms with Crippen LogP contribution in [0.15, 0.2) is 11.6 Å². The van der Waals surface area contributed by atoms with Crippen molar-refractivity contribution in [3.05, 3.63) is 11.6 Å². The number of cyclic esters (lactones) is 1. The van der Waals surface area contributed by atoms with Crippen LogP contribution in [0.2, 0.25) is 0 Å². The molecule has 1 fully saturated rings. The van der Waals surface area contributed by atoms with Crippen molar-refractivity contribution >= 4 is 51.2 Å². The molecule has 2 N–H and O–H groups in total. The van der Waals surface area contributed by atoms with Crippen LogP contribution in [-0.2, 0) is 9.53 Å². The van der Waals surface area contributed by atoms with Gasteiger partial charge in [-0.1, -0.05) is 52.1 Å². The Labute approximate surface area is 148 Å². The van der Waals surface area contributed by atoms with Gasteiger partial charge in [0.25, 0.3) is 0 Å². The number of halogens is 2. The molecule has 0 saturated carbocycles. The minimum Gasteiger partial charge on any atom is -0.458 e. The Morgan fingerprint density at radius 3 is 2.90 bits per heavy atom. The Kier molecular flexibility index (Phi) is 6.55. The summed E-state index contributed by atoms with van der Waals surface area (Å²) >= 11 is 5.08. The van der Waals surface area contributed by atoms with Crippen LogP contribution in [0.3, 0.4) is 0 Å². The van der Waals surface area contributed by atoms with Gasteiger partial charge in [-0.05, 0) is 37.3 Å². The van der Waals surface area contributed by atoms with E-state index in [1.165, 1.54) is 12.8 Å². The zero-order valence-corrected chi connectivity index (χ0v) is 16.0. The van der Waals surface area contributed by atoms with Gasteiger partial charge in [0.2, 0.25) is 0 Å². The van der Waals surface area contributed by atoms with Crippen LogP contribution in [0.5, 0.6) is 0 Å². The molecule has 2 aliphatic heterocycles. The second-order valence-corrected chi connectivity index (χ2v) is 9.17. The van der Waals surface area contributed by atoms with Crippen molar-refractivity contribution in [1.29, 1.82) is 0 Å². The zero-order valence-electron chi connectivity index (χ0n) is 11.7. The van der Waals surface area contributed by atoms with Crippen molar-refractivity contribution in [3.63, 3.8) is 0 Å². The van der Waals surface area contributed by atoms with E-state index in [4.69, 9.17) is 10.5 Å². The molecule has 0 spiro atoms. The topological polar surface area (TPSA) is 55.6 Å². The van der Waals surface area contributed by atoms with Gasteiger partial charge in [-0.2, -0.15) is 0 Å². The summed E-state index contributed by atoms with van der Waals surface area (Å²) in [5, 5.41) is 0. The third-order valence-electron chi connectivity index (χ3n) is 4.05. The second kappa shape index (κ2) is 7.73. The van der Waals surface area contributed by atoms with Gasteiger partial charge in [0.15, 0.2) is 0 Å². The van der Waals surface area contributed by atoms with Crippen LogP contribution >= 0.6 is 45.2 Å². The zero-order chi connectivity index (χ0) is 14.7. The number of ether oxygens (including phenoxy) is 1. The molecule has 4 nitrogen and oxygen atoms in total. The van der Waals surface area contributed by atoms with Crippen molar-refractivity contribution in [2.75, 3.05) is 19.7 Å². The summed E-state index contributed by atoms with van der Waals surface area (Å²) in [6, 6.07) is 0.0848. The maximum atomic E-state index is 11.0. The summed E-state index contributed by atoms with van der Waals surface area (Å²) in [6.07, 6.45) is 4.87. The normalized spacial score (nSPS) is 30.8. The molecule has 0 aromatic carbocycles. The van der Waals surface area contributed by atoms with Crippen LogP contribution in [0.4, 0.5) is 0 Å². The Bertz CT molecular complexity index is 387. The molecule has 0 aromatic rings. The molecule has 4 atom stereocenters. The first-order valence-corrected chi connectivity index (χ1v) is 9.58. The maximum absolute atomic E-state index is 11.0. The first-order valence-electron chi connectivity index (χ1n) is 7.09. The van der Waals surface area contributed by atoms with E-state index < -0.39 is 0 Å². The van der Waals surface area contributed by atoms with Crippen molar-refractivity contribution < 1.29 is 9.53 Å². The van der Waals surface area contributed by atoms with Gasteiger partial charge in [0.05, 0.1) is 4.05 Å².